The Labute approximate surface area is 215 Å². The van der Waals surface area contributed by atoms with E-state index in [4.69, 9.17) is 18.5 Å². The number of rotatable bonds is 8. The lowest BCUT2D eigenvalue weighted by Gasteiger charge is -2.31. The number of hydrogen-bond donors (Lipinski definition) is 0. The Morgan fingerprint density at radius 2 is 1.94 bits per heavy atom. The van der Waals surface area contributed by atoms with Crippen molar-refractivity contribution in [3.8, 4) is 0 Å². The number of likely N-dealkylation sites (tertiary alicyclic amines) is 1. The summed E-state index contributed by atoms with van der Waals surface area (Å²) in [6, 6.07) is 7.78. The van der Waals surface area contributed by atoms with E-state index in [1.807, 2.05) is 0 Å². The van der Waals surface area contributed by atoms with E-state index >= 15 is 0 Å². The Morgan fingerprint density at radius 1 is 1.15 bits per heavy atom. The molecule has 0 amide bonds. The second-order valence-electron chi connectivity index (χ2n) is 8.54. The van der Waals surface area contributed by atoms with E-state index in [1.54, 1.807) is 6.92 Å². The molecule has 0 unspecified atom stereocenters. The Bertz CT molecular complexity index is 1370. The first kappa shape index (κ1) is 14.9. The van der Waals surface area contributed by atoms with Crippen molar-refractivity contribution in [3.63, 3.8) is 0 Å². The fourth-order valence-corrected chi connectivity index (χ4v) is 4.39. The summed E-state index contributed by atoms with van der Waals surface area (Å²) in [6.45, 7) is -9.49. The zero-order chi connectivity index (χ0) is 32.9. The van der Waals surface area contributed by atoms with E-state index < -0.39 is 56.8 Å². The van der Waals surface area contributed by atoms with Gasteiger partial charge in [0.2, 0.25) is 0 Å². The van der Waals surface area contributed by atoms with Crippen LogP contribution in [0.3, 0.4) is 0 Å². The van der Waals surface area contributed by atoms with Gasteiger partial charge in [0.25, 0.3) is 0 Å². The van der Waals surface area contributed by atoms with Crippen LogP contribution in [0.1, 0.15) is 105 Å². The Kier molecular flexibility index (Phi) is 4.80. The molecule has 1 aliphatic heterocycles. The van der Waals surface area contributed by atoms with Crippen LogP contribution in [0.4, 0.5) is 13.2 Å². The fourth-order valence-electron chi connectivity index (χ4n) is 4.39. The van der Waals surface area contributed by atoms with Crippen LogP contribution in [-0.2, 0) is 30.5 Å². The van der Waals surface area contributed by atoms with Crippen LogP contribution in [0.15, 0.2) is 41.6 Å². The summed E-state index contributed by atoms with van der Waals surface area (Å²) in [6.07, 6.45) is -2.12. The number of benzene rings is 2. The number of alkyl halides is 3. The van der Waals surface area contributed by atoms with E-state index in [0.717, 1.165) is 25.3 Å². The monoisotopic (exact) mass is 482 g/mol. The van der Waals surface area contributed by atoms with E-state index in [2.05, 4.69) is 5.16 Å². The van der Waals surface area contributed by atoms with Gasteiger partial charge in [-0.15, -0.1) is 0 Å². The molecule has 0 bridgehead atoms. The summed E-state index contributed by atoms with van der Waals surface area (Å²) in [5.74, 6) is -0.177. The third-order valence-electron chi connectivity index (χ3n) is 6.23. The average molecular weight is 483 g/mol. The molecule has 1 heterocycles. The summed E-state index contributed by atoms with van der Waals surface area (Å²) in [4.78, 5) is 5.63. The molecular weight excluding hydrogens is 437 g/mol. The lowest BCUT2D eigenvalue weighted by molar-refractivity contribution is -0.138. The van der Waals surface area contributed by atoms with Crippen molar-refractivity contribution in [2.75, 3.05) is 13.0 Å². The molecule has 6 heteroatoms. The number of halogens is 3. The van der Waals surface area contributed by atoms with Gasteiger partial charge in [-0.2, -0.15) is 13.2 Å². The maximum Gasteiger partial charge on any atom is 0.416 e. The molecule has 2 aromatic rings. The van der Waals surface area contributed by atoms with Gasteiger partial charge in [0.05, 0.1) is 11.3 Å². The number of aryl methyl sites for hydroxylation is 1. The molecular formula is C28H35F3N2O. The van der Waals surface area contributed by atoms with Gasteiger partial charge in [0, 0.05) is 20.2 Å². The highest BCUT2D eigenvalue weighted by Crippen LogP contribution is 2.41. The van der Waals surface area contributed by atoms with E-state index in [9.17, 15) is 13.2 Å². The van der Waals surface area contributed by atoms with Gasteiger partial charge in [-0.3, -0.25) is 4.90 Å². The Morgan fingerprint density at radius 3 is 2.65 bits per heavy atom. The Hall–Kier alpha value is -2.34. The predicted molar refractivity (Wildman–Crippen MR) is 130 cm³/mol. The second kappa shape index (κ2) is 10.9. The van der Waals surface area contributed by atoms with Gasteiger partial charge >= 0.3 is 6.18 Å². The zero-order valence-corrected chi connectivity index (χ0v) is 19.0. The molecule has 0 spiro atoms. The van der Waals surface area contributed by atoms with Crippen molar-refractivity contribution >= 4 is 5.71 Å². The summed E-state index contributed by atoms with van der Waals surface area (Å²) < 4.78 is 123. The largest absolute Gasteiger partial charge is 0.416 e. The van der Waals surface area contributed by atoms with Gasteiger partial charge < -0.3 is 4.84 Å². The molecule has 184 valence electrons. The lowest BCUT2D eigenvalue weighted by atomic mass is 9.81. The first-order chi connectivity index (χ1) is 20.2. The fraction of sp³-hybridized carbons (Fsp3) is 0.536. The molecule has 1 saturated heterocycles. The number of hydrogen-bond acceptors (Lipinski definition) is 3. The lowest BCUT2D eigenvalue weighted by Crippen LogP contribution is -2.36. The van der Waals surface area contributed by atoms with Crippen LogP contribution in [0, 0.1) is 0 Å². The van der Waals surface area contributed by atoms with Crippen LogP contribution in [0.5, 0.6) is 0 Å². The molecule has 0 N–H and O–H groups in total. The molecule has 0 radical (unpaired) electrons. The molecule has 2 aliphatic rings. The van der Waals surface area contributed by atoms with Gasteiger partial charge in [-0.25, -0.2) is 0 Å². The first-order valence-electron chi connectivity index (χ1n) is 16.6. The molecule has 3 nitrogen and oxygen atoms in total. The van der Waals surface area contributed by atoms with E-state index in [1.165, 1.54) is 30.3 Å². The summed E-state index contributed by atoms with van der Waals surface area (Å²) in [5, 5.41) is 3.77. The van der Waals surface area contributed by atoms with Crippen molar-refractivity contribution < 1.29 is 31.7 Å². The molecule has 0 atom stereocenters. The quantitative estimate of drug-likeness (QED) is 0.288. The first-order valence-corrected chi connectivity index (χ1v) is 11.5. The third kappa shape index (κ3) is 6.01. The molecule has 1 saturated carbocycles. The molecule has 1 aliphatic carbocycles. The van der Waals surface area contributed by atoms with Gasteiger partial charge in [0.1, 0.15) is 6.61 Å². The summed E-state index contributed by atoms with van der Waals surface area (Å²) in [7, 11) is 0. The minimum absolute atomic E-state index is 0.0259. The van der Waals surface area contributed by atoms with Crippen LogP contribution in [0.2, 0.25) is 0 Å². The molecule has 4 rings (SSSR count). The van der Waals surface area contributed by atoms with Gasteiger partial charge in [0.15, 0.2) is 0 Å². The Balaban J connectivity index is 1.62. The zero-order valence-electron chi connectivity index (χ0n) is 29.0. The maximum absolute atomic E-state index is 14.0. The maximum atomic E-state index is 14.0. The number of oxime groups is 1. The normalized spacial score (nSPS) is 26.8. The van der Waals surface area contributed by atoms with Crippen LogP contribution >= 0.6 is 0 Å². The molecule has 2 aromatic carbocycles. The minimum Gasteiger partial charge on any atom is -0.391 e. The van der Waals surface area contributed by atoms with Crippen molar-refractivity contribution in [1.82, 2.24) is 4.90 Å². The summed E-state index contributed by atoms with van der Waals surface area (Å²) >= 11 is 0. The highest BCUT2D eigenvalue weighted by atomic mass is 19.4. The molecule has 0 aromatic heterocycles. The third-order valence-corrected chi connectivity index (χ3v) is 6.23. The van der Waals surface area contributed by atoms with E-state index in [-0.39, 0.29) is 40.2 Å². The van der Waals surface area contributed by atoms with E-state index in [0.29, 0.717) is 17.7 Å². The smallest absolute Gasteiger partial charge is 0.391 e. The highest BCUT2D eigenvalue weighted by molar-refractivity contribution is 5.98. The van der Waals surface area contributed by atoms with Gasteiger partial charge in [-0.1, -0.05) is 55.6 Å². The van der Waals surface area contributed by atoms with Crippen LogP contribution in [-0.4, -0.2) is 23.6 Å². The molecule has 2 fully saturated rings. The predicted octanol–water partition coefficient (Wildman–Crippen LogP) is 7.46. The number of nitrogens with zero attached hydrogens (tertiary/aromatic N) is 2. The minimum atomic E-state index is -4.57. The summed E-state index contributed by atoms with van der Waals surface area (Å²) in [5.41, 5.74) is -0.681. The second-order valence-corrected chi connectivity index (χ2v) is 8.54. The van der Waals surface area contributed by atoms with Crippen molar-refractivity contribution in [2.24, 2.45) is 5.16 Å². The topological polar surface area (TPSA) is 24.8 Å². The van der Waals surface area contributed by atoms with Crippen molar-refractivity contribution in [3.05, 3.63) is 69.8 Å². The van der Waals surface area contributed by atoms with Gasteiger partial charge in [-0.05, 0) is 91.4 Å². The molecule has 34 heavy (non-hydrogen) atoms. The SMILES string of the molecule is [2H]C1C([2H])([2H])N(C([2H])([2H])c2ccc(/C(=N/OCc3ccc(C4CCCCC4)c(C(F)(F)F)c3)C([2H])([2H])[2H])cc2CC)C1([2H])[2H]. The average Bonchev–Trinajstić information content (AvgIpc) is 2.93. The van der Waals surface area contributed by atoms with Crippen LogP contribution < -0.4 is 0 Å². The van der Waals surface area contributed by atoms with Crippen molar-refractivity contribution in [1.29, 1.82) is 0 Å². The van der Waals surface area contributed by atoms with Crippen molar-refractivity contribution in [2.45, 2.75) is 83.9 Å². The highest BCUT2D eigenvalue weighted by Gasteiger charge is 2.35. The standard InChI is InChI=1S/C28H35F3N2O/c1-3-22-17-24(11-12-25(22)18-33-14-7-15-33)20(2)32-34-19-21-10-13-26(23-8-5-4-6-9-23)27(16-21)28(29,30)31/h10-13,16-17,23H,3-9,14-15,18-19H2,1-2H3/b32-20+/i2D3,7D,14D2,15D2,18D2. The van der Waals surface area contributed by atoms with Crippen LogP contribution in [0.25, 0.3) is 0 Å².